The molecular weight excluding hydrogens is 374 g/mol. The second-order valence-electron chi connectivity index (χ2n) is 8.13. The van der Waals surface area contributed by atoms with Crippen molar-refractivity contribution in [2.45, 2.75) is 12.8 Å². The minimum atomic E-state index is 1.09. The summed E-state index contributed by atoms with van der Waals surface area (Å²) in [4.78, 5) is 0. The molecule has 1 aromatic heterocycles. The summed E-state index contributed by atoms with van der Waals surface area (Å²) in [7, 11) is 0. The van der Waals surface area contributed by atoms with Gasteiger partial charge in [0.05, 0.1) is 11.0 Å². The molecule has 0 N–H and O–H groups in total. The number of aromatic nitrogens is 1. The second kappa shape index (κ2) is 7.45. The number of rotatable bonds is 3. The van der Waals surface area contributed by atoms with E-state index in [9.17, 15) is 0 Å². The lowest BCUT2D eigenvalue weighted by Crippen LogP contribution is -1.94. The quantitative estimate of drug-likeness (QED) is 0.289. The van der Waals surface area contributed by atoms with Gasteiger partial charge in [-0.25, -0.2) is 0 Å². The summed E-state index contributed by atoms with van der Waals surface area (Å²) in [6.07, 6.45) is 8.93. The maximum absolute atomic E-state index is 2.40. The summed E-state index contributed by atoms with van der Waals surface area (Å²) >= 11 is 0. The van der Waals surface area contributed by atoms with E-state index in [0.29, 0.717) is 0 Å². The molecule has 0 saturated heterocycles. The van der Waals surface area contributed by atoms with E-state index in [1.807, 2.05) is 0 Å². The predicted octanol–water partition coefficient (Wildman–Crippen LogP) is 8.18. The van der Waals surface area contributed by atoms with Crippen molar-refractivity contribution in [2.75, 3.05) is 0 Å². The van der Waals surface area contributed by atoms with E-state index in [4.69, 9.17) is 0 Å². The van der Waals surface area contributed by atoms with Gasteiger partial charge in [0, 0.05) is 16.5 Å². The molecule has 4 aromatic carbocycles. The zero-order valence-electron chi connectivity index (χ0n) is 17.3. The van der Waals surface area contributed by atoms with Gasteiger partial charge in [0.15, 0.2) is 0 Å². The average Bonchev–Trinajstić information content (AvgIpc) is 3.19. The van der Waals surface area contributed by atoms with Crippen LogP contribution in [-0.4, -0.2) is 4.57 Å². The fourth-order valence-corrected chi connectivity index (χ4v) is 4.83. The standard InChI is InChI=1S/C30H23N/c1-4-11-22(12-5-1)24-19-20-28-27(21-24)30-26(23-13-6-2-7-14-23)17-10-18-29(30)31(28)25-15-8-3-9-16-25/h1-6,8-13,15-21H,7,14H2. The number of allylic oxidation sites excluding steroid dienone is 4. The first-order valence-electron chi connectivity index (χ1n) is 10.9. The lowest BCUT2D eigenvalue weighted by atomic mass is 9.93. The molecule has 0 unspecified atom stereocenters. The van der Waals surface area contributed by atoms with Crippen molar-refractivity contribution in [3.8, 4) is 16.8 Å². The van der Waals surface area contributed by atoms with Crippen molar-refractivity contribution < 1.29 is 0 Å². The first-order chi connectivity index (χ1) is 15.4. The van der Waals surface area contributed by atoms with E-state index in [2.05, 4.69) is 120 Å². The normalized spacial score (nSPS) is 13.6. The predicted molar refractivity (Wildman–Crippen MR) is 133 cm³/mol. The Labute approximate surface area is 182 Å². The van der Waals surface area contributed by atoms with Crippen LogP contribution in [0.2, 0.25) is 0 Å². The fraction of sp³-hybridized carbons (Fsp3) is 0.0667. The molecule has 0 fully saturated rings. The molecule has 0 radical (unpaired) electrons. The van der Waals surface area contributed by atoms with E-state index < -0.39 is 0 Å². The molecule has 0 aliphatic heterocycles. The van der Waals surface area contributed by atoms with Gasteiger partial charge < -0.3 is 4.57 Å². The fourth-order valence-electron chi connectivity index (χ4n) is 4.83. The number of hydrogen-bond acceptors (Lipinski definition) is 0. The molecule has 1 heterocycles. The van der Waals surface area contributed by atoms with Crippen LogP contribution in [0.25, 0.3) is 44.2 Å². The first kappa shape index (κ1) is 18.0. The molecule has 0 bridgehead atoms. The highest BCUT2D eigenvalue weighted by molar-refractivity contribution is 6.14. The Morgan fingerprint density at radius 3 is 2.23 bits per heavy atom. The highest BCUT2D eigenvalue weighted by atomic mass is 15.0. The first-order valence-corrected chi connectivity index (χ1v) is 10.9. The Bertz CT molecular complexity index is 1450. The van der Waals surface area contributed by atoms with E-state index in [1.54, 1.807) is 0 Å². The van der Waals surface area contributed by atoms with Gasteiger partial charge in [0.2, 0.25) is 0 Å². The van der Waals surface area contributed by atoms with Gasteiger partial charge in [-0.2, -0.15) is 0 Å². The molecule has 0 saturated carbocycles. The summed E-state index contributed by atoms with van der Waals surface area (Å²) in [5, 5.41) is 2.66. The Kier molecular flexibility index (Phi) is 4.32. The van der Waals surface area contributed by atoms with Crippen LogP contribution in [0.5, 0.6) is 0 Å². The zero-order chi connectivity index (χ0) is 20.6. The van der Waals surface area contributed by atoms with Crippen molar-refractivity contribution in [1.82, 2.24) is 4.57 Å². The lowest BCUT2D eigenvalue weighted by Gasteiger charge is -2.12. The third-order valence-electron chi connectivity index (χ3n) is 6.27. The Morgan fingerprint density at radius 1 is 0.645 bits per heavy atom. The van der Waals surface area contributed by atoms with Gasteiger partial charge in [-0.05, 0) is 65.4 Å². The molecule has 31 heavy (non-hydrogen) atoms. The van der Waals surface area contributed by atoms with Crippen molar-refractivity contribution in [2.24, 2.45) is 0 Å². The lowest BCUT2D eigenvalue weighted by molar-refractivity contribution is 1.06. The molecule has 1 heteroatoms. The molecule has 0 atom stereocenters. The van der Waals surface area contributed by atoms with Gasteiger partial charge in [0.25, 0.3) is 0 Å². The van der Waals surface area contributed by atoms with Gasteiger partial charge in [0.1, 0.15) is 0 Å². The van der Waals surface area contributed by atoms with Gasteiger partial charge in [-0.15, -0.1) is 0 Å². The SMILES string of the molecule is C1=CCCC(c2cccc3c2c2cc(-c4ccccc4)ccc2n3-c2ccccc2)=C1. The number of benzene rings is 4. The summed E-state index contributed by atoms with van der Waals surface area (Å²) < 4.78 is 2.40. The monoisotopic (exact) mass is 397 g/mol. The van der Waals surface area contributed by atoms with Crippen molar-refractivity contribution >= 4 is 27.4 Å². The third kappa shape index (κ3) is 3.02. The largest absolute Gasteiger partial charge is 0.309 e. The van der Waals surface area contributed by atoms with Gasteiger partial charge >= 0.3 is 0 Å². The second-order valence-corrected chi connectivity index (χ2v) is 8.13. The molecular formula is C30H23N. The van der Waals surface area contributed by atoms with Crippen LogP contribution in [-0.2, 0) is 0 Å². The van der Waals surface area contributed by atoms with E-state index in [1.165, 1.54) is 49.8 Å². The highest BCUT2D eigenvalue weighted by Gasteiger charge is 2.17. The maximum atomic E-state index is 2.40. The molecule has 0 amide bonds. The molecule has 5 aromatic rings. The zero-order valence-corrected chi connectivity index (χ0v) is 17.3. The number of para-hydroxylation sites is 1. The number of hydrogen-bond donors (Lipinski definition) is 0. The molecule has 6 rings (SSSR count). The van der Waals surface area contributed by atoms with Crippen LogP contribution < -0.4 is 0 Å². The van der Waals surface area contributed by atoms with Crippen molar-refractivity contribution in [3.05, 3.63) is 121 Å². The van der Waals surface area contributed by atoms with Crippen LogP contribution in [0.15, 0.2) is 115 Å². The summed E-state index contributed by atoms with van der Waals surface area (Å²) in [5.41, 5.74) is 9.00. The van der Waals surface area contributed by atoms with Gasteiger partial charge in [-0.1, -0.05) is 85.0 Å². The molecule has 1 aliphatic rings. The molecule has 1 nitrogen and oxygen atoms in total. The third-order valence-corrected chi connectivity index (χ3v) is 6.27. The Morgan fingerprint density at radius 2 is 1.45 bits per heavy atom. The van der Waals surface area contributed by atoms with E-state index in [-0.39, 0.29) is 0 Å². The molecule has 0 spiro atoms. The van der Waals surface area contributed by atoms with E-state index in [0.717, 1.165) is 12.8 Å². The van der Waals surface area contributed by atoms with Crippen LogP contribution in [0.4, 0.5) is 0 Å². The van der Waals surface area contributed by atoms with Crippen LogP contribution in [0.1, 0.15) is 18.4 Å². The Balaban J connectivity index is 1.72. The Hall–Kier alpha value is -3.84. The smallest absolute Gasteiger partial charge is 0.0547 e. The topological polar surface area (TPSA) is 4.93 Å². The average molecular weight is 398 g/mol. The van der Waals surface area contributed by atoms with Crippen LogP contribution in [0, 0.1) is 0 Å². The summed E-state index contributed by atoms with van der Waals surface area (Å²) in [5.74, 6) is 0. The molecule has 1 aliphatic carbocycles. The van der Waals surface area contributed by atoms with Crippen molar-refractivity contribution in [1.29, 1.82) is 0 Å². The van der Waals surface area contributed by atoms with Crippen LogP contribution in [0.3, 0.4) is 0 Å². The van der Waals surface area contributed by atoms with Gasteiger partial charge in [-0.3, -0.25) is 0 Å². The van der Waals surface area contributed by atoms with Crippen molar-refractivity contribution in [3.63, 3.8) is 0 Å². The molecule has 148 valence electrons. The number of nitrogens with zero attached hydrogens (tertiary/aromatic N) is 1. The summed E-state index contributed by atoms with van der Waals surface area (Å²) in [6.45, 7) is 0. The number of fused-ring (bicyclic) bond motifs is 3. The maximum Gasteiger partial charge on any atom is 0.0547 e. The minimum Gasteiger partial charge on any atom is -0.309 e. The highest BCUT2D eigenvalue weighted by Crippen LogP contribution is 2.39. The van der Waals surface area contributed by atoms with E-state index >= 15 is 0 Å². The summed E-state index contributed by atoms with van der Waals surface area (Å²) in [6, 6.07) is 35.0. The minimum absolute atomic E-state index is 1.09. The van der Waals surface area contributed by atoms with Crippen LogP contribution >= 0.6 is 0 Å².